The van der Waals surface area contributed by atoms with Crippen molar-refractivity contribution in [1.82, 2.24) is 0 Å². The third kappa shape index (κ3) is 1.72. The SMILES string of the molecule is O=[N+]([O-])C1(S(=O)(=O)c2ccccc2)CCCC1. The summed E-state index contributed by atoms with van der Waals surface area (Å²) in [6.45, 7) is 0. The number of nitro groups is 1. The van der Waals surface area contributed by atoms with Crippen LogP contribution in [-0.2, 0) is 9.84 Å². The van der Waals surface area contributed by atoms with Crippen LogP contribution >= 0.6 is 0 Å². The van der Waals surface area contributed by atoms with Crippen LogP contribution in [-0.4, -0.2) is 18.2 Å². The second-order valence-electron chi connectivity index (χ2n) is 4.23. The van der Waals surface area contributed by atoms with Crippen LogP contribution in [0.1, 0.15) is 25.7 Å². The Balaban J connectivity index is 2.55. The Bertz CT molecular complexity index is 518. The summed E-state index contributed by atoms with van der Waals surface area (Å²) in [5.41, 5.74) is 0. The minimum atomic E-state index is -3.90. The largest absolute Gasteiger partial charge is 0.323 e. The number of hydrogen-bond donors (Lipinski definition) is 0. The molecule has 0 aromatic heterocycles. The van der Waals surface area contributed by atoms with Crippen molar-refractivity contribution in [3.05, 3.63) is 40.4 Å². The second kappa shape index (κ2) is 4.10. The van der Waals surface area contributed by atoms with Gasteiger partial charge in [-0.05, 0) is 25.0 Å². The highest BCUT2D eigenvalue weighted by molar-refractivity contribution is 7.92. The lowest BCUT2D eigenvalue weighted by atomic mass is 10.2. The fraction of sp³-hybridized carbons (Fsp3) is 0.455. The molecule has 92 valence electrons. The van der Waals surface area contributed by atoms with Crippen LogP contribution < -0.4 is 0 Å². The summed E-state index contributed by atoms with van der Waals surface area (Å²) in [6, 6.07) is 7.68. The molecule has 0 unspecified atom stereocenters. The minimum absolute atomic E-state index is 0.0404. The lowest BCUT2D eigenvalue weighted by molar-refractivity contribution is -0.538. The van der Waals surface area contributed by atoms with Gasteiger partial charge in [0.05, 0.1) is 4.90 Å². The quantitative estimate of drug-likeness (QED) is 0.611. The van der Waals surface area contributed by atoms with Crippen LogP contribution in [0.5, 0.6) is 0 Å². The van der Waals surface area contributed by atoms with E-state index in [4.69, 9.17) is 0 Å². The zero-order chi connectivity index (χ0) is 12.5. The molecule has 0 aliphatic heterocycles. The summed E-state index contributed by atoms with van der Waals surface area (Å²) >= 11 is 0. The van der Waals surface area contributed by atoms with E-state index in [1.807, 2.05) is 0 Å². The van der Waals surface area contributed by atoms with Crippen LogP contribution in [0.3, 0.4) is 0 Å². The summed E-state index contributed by atoms with van der Waals surface area (Å²) in [4.78, 5) is 8.78. The average molecular weight is 255 g/mol. The van der Waals surface area contributed by atoms with Crippen LogP contribution in [0.4, 0.5) is 0 Å². The highest BCUT2D eigenvalue weighted by Crippen LogP contribution is 2.40. The predicted octanol–water partition coefficient (Wildman–Crippen LogP) is 2.01. The topological polar surface area (TPSA) is 77.3 Å². The minimum Gasteiger partial charge on any atom is -0.263 e. The highest BCUT2D eigenvalue weighted by atomic mass is 32.2. The van der Waals surface area contributed by atoms with Gasteiger partial charge < -0.3 is 0 Å². The first-order valence-corrected chi connectivity index (χ1v) is 6.93. The van der Waals surface area contributed by atoms with Gasteiger partial charge in [-0.25, -0.2) is 8.42 Å². The standard InChI is InChI=1S/C11H13NO4S/c13-12(14)11(8-4-5-9-11)17(15,16)10-6-2-1-3-7-10/h1-3,6-7H,4-5,8-9H2. The van der Waals surface area contributed by atoms with Crippen LogP contribution in [0.25, 0.3) is 0 Å². The van der Waals surface area contributed by atoms with Gasteiger partial charge in [0.1, 0.15) is 0 Å². The first-order valence-electron chi connectivity index (χ1n) is 5.45. The predicted molar refractivity (Wildman–Crippen MR) is 61.8 cm³/mol. The summed E-state index contributed by atoms with van der Waals surface area (Å²) in [6.07, 6.45) is 1.40. The molecule has 5 nitrogen and oxygen atoms in total. The average Bonchev–Trinajstić information content (AvgIpc) is 2.81. The molecule has 1 saturated carbocycles. The fourth-order valence-corrected chi connectivity index (χ4v) is 4.27. The van der Waals surface area contributed by atoms with Crippen molar-refractivity contribution in [2.75, 3.05) is 0 Å². The first kappa shape index (κ1) is 12.0. The molecule has 1 aromatic carbocycles. The Labute approximate surface area is 99.5 Å². The van der Waals surface area contributed by atoms with E-state index in [9.17, 15) is 18.5 Å². The molecule has 6 heteroatoms. The van der Waals surface area contributed by atoms with Gasteiger partial charge >= 0.3 is 4.87 Å². The van der Waals surface area contributed by atoms with E-state index in [0.29, 0.717) is 12.8 Å². The summed E-state index contributed by atoms with van der Waals surface area (Å²) in [5, 5.41) is 11.2. The van der Waals surface area contributed by atoms with Gasteiger partial charge in [0.15, 0.2) is 0 Å². The molecule has 17 heavy (non-hydrogen) atoms. The molecule has 2 rings (SSSR count). The Morgan fingerprint density at radius 3 is 2.12 bits per heavy atom. The number of benzene rings is 1. The van der Waals surface area contributed by atoms with E-state index in [0.717, 1.165) is 0 Å². The van der Waals surface area contributed by atoms with Crippen molar-refractivity contribution in [3.8, 4) is 0 Å². The molecule has 0 atom stereocenters. The molecule has 0 bridgehead atoms. The third-order valence-corrected chi connectivity index (χ3v) is 5.72. The van der Waals surface area contributed by atoms with Gasteiger partial charge in [-0.3, -0.25) is 10.1 Å². The van der Waals surface area contributed by atoms with Crippen LogP contribution in [0.15, 0.2) is 35.2 Å². The van der Waals surface area contributed by atoms with Crippen molar-refractivity contribution >= 4 is 9.84 Å². The lowest BCUT2D eigenvalue weighted by Gasteiger charge is -2.19. The summed E-state index contributed by atoms with van der Waals surface area (Å²) in [5.74, 6) is 0. The van der Waals surface area contributed by atoms with E-state index < -0.39 is 19.6 Å². The van der Waals surface area contributed by atoms with E-state index in [1.54, 1.807) is 18.2 Å². The van der Waals surface area contributed by atoms with Gasteiger partial charge in [-0.15, -0.1) is 0 Å². The van der Waals surface area contributed by atoms with Gasteiger partial charge in [-0.2, -0.15) is 0 Å². The normalized spacial score (nSPS) is 19.1. The number of nitrogens with zero attached hydrogens (tertiary/aromatic N) is 1. The first-order chi connectivity index (χ1) is 8.01. The molecule has 1 aliphatic rings. The molecule has 1 aliphatic carbocycles. The second-order valence-corrected chi connectivity index (χ2v) is 6.47. The van der Waals surface area contributed by atoms with E-state index >= 15 is 0 Å². The van der Waals surface area contributed by atoms with Gasteiger partial charge in [0, 0.05) is 17.8 Å². The maximum atomic E-state index is 12.4. The maximum Gasteiger partial charge on any atom is 0.323 e. The molecule has 0 spiro atoms. The molecule has 0 amide bonds. The van der Waals surface area contributed by atoms with Gasteiger partial charge in [0.2, 0.25) is 9.84 Å². The molecule has 0 N–H and O–H groups in total. The monoisotopic (exact) mass is 255 g/mol. The Hall–Kier alpha value is -1.43. The van der Waals surface area contributed by atoms with Crippen molar-refractivity contribution in [2.45, 2.75) is 35.4 Å². The van der Waals surface area contributed by atoms with Crippen molar-refractivity contribution in [3.63, 3.8) is 0 Å². The van der Waals surface area contributed by atoms with Crippen molar-refractivity contribution in [2.24, 2.45) is 0 Å². The molecule has 0 heterocycles. The molecule has 0 saturated heterocycles. The van der Waals surface area contributed by atoms with Crippen molar-refractivity contribution in [1.29, 1.82) is 0 Å². The number of rotatable bonds is 3. The van der Waals surface area contributed by atoms with Crippen LogP contribution in [0, 0.1) is 10.1 Å². The van der Waals surface area contributed by atoms with Gasteiger partial charge in [0.25, 0.3) is 0 Å². The molecule has 0 radical (unpaired) electrons. The number of hydrogen-bond acceptors (Lipinski definition) is 4. The highest BCUT2D eigenvalue weighted by Gasteiger charge is 2.57. The maximum absolute atomic E-state index is 12.4. The van der Waals surface area contributed by atoms with Gasteiger partial charge in [-0.1, -0.05) is 18.2 Å². The Kier molecular flexibility index (Phi) is 2.91. The molecule has 1 aromatic rings. The zero-order valence-corrected chi connectivity index (χ0v) is 10.0. The fourth-order valence-electron chi connectivity index (χ4n) is 2.30. The van der Waals surface area contributed by atoms with Crippen LogP contribution in [0.2, 0.25) is 0 Å². The molecular weight excluding hydrogens is 242 g/mol. The lowest BCUT2D eigenvalue weighted by Crippen LogP contribution is -2.43. The zero-order valence-electron chi connectivity index (χ0n) is 9.20. The Morgan fingerprint density at radius 1 is 1.12 bits per heavy atom. The number of sulfone groups is 1. The van der Waals surface area contributed by atoms with E-state index in [1.165, 1.54) is 12.1 Å². The third-order valence-electron chi connectivity index (χ3n) is 3.27. The summed E-state index contributed by atoms with van der Waals surface area (Å²) in [7, 11) is -3.90. The smallest absolute Gasteiger partial charge is 0.263 e. The summed E-state index contributed by atoms with van der Waals surface area (Å²) < 4.78 is 24.7. The molecule has 1 fully saturated rings. The van der Waals surface area contributed by atoms with Crippen molar-refractivity contribution < 1.29 is 13.3 Å². The Morgan fingerprint density at radius 2 is 1.65 bits per heavy atom. The van der Waals surface area contributed by atoms with E-state index in [2.05, 4.69) is 0 Å². The van der Waals surface area contributed by atoms with E-state index in [-0.39, 0.29) is 17.7 Å². The molecular formula is C11H13NO4S.